The van der Waals surface area contributed by atoms with Crippen molar-refractivity contribution in [1.82, 2.24) is 4.90 Å². The van der Waals surface area contributed by atoms with Crippen molar-refractivity contribution >= 4 is 58.0 Å². The highest BCUT2D eigenvalue weighted by Crippen LogP contribution is 2.49. The van der Waals surface area contributed by atoms with E-state index < -0.39 is 11.9 Å². The van der Waals surface area contributed by atoms with Crippen LogP contribution in [-0.4, -0.2) is 29.9 Å². The second kappa shape index (κ2) is 7.67. The summed E-state index contributed by atoms with van der Waals surface area (Å²) in [6.07, 6.45) is 3.04. The van der Waals surface area contributed by atoms with Crippen LogP contribution < -0.4 is 16.4 Å². The Balaban J connectivity index is 0.00000210. The molecular formula is C18H20Cl2N4O2S. The summed E-state index contributed by atoms with van der Waals surface area (Å²) in [5.74, 6) is -0.497. The largest absolute Gasteiger partial charge is 0.365 e. The number of nitrogens with two attached hydrogens (primary N) is 1. The van der Waals surface area contributed by atoms with Crippen LogP contribution in [-0.2, 0) is 6.42 Å². The molecule has 6 nitrogen and oxygen atoms in total. The van der Waals surface area contributed by atoms with Crippen molar-refractivity contribution in [1.29, 1.82) is 0 Å². The van der Waals surface area contributed by atoms with Crippen molar-refractivity contribution in [2.45, 2.75) is 31.3 Å². The molecule has 27 heavy (non-hydrogen) atoms. The van der Waals surface area contributed by atoms with Gasteiger partial charge in [0.25, 0.3) is 5.91 Å². The molecular weight excluding hydrogens is 407 g/mol. The van der Waals surface area contributed by atoms with E-state index in [1.807, 2.05) is 0 Å². The second-order valence-electron chi connectivity index (χ2n) is 6.71. The lowest BCUT2D eigenvalue weighted by Crippen LogP contribution is -2.34. The lowest BCUT2D eigenvalue weighted by atomic mass is 9.97. The van der Waals surface area contributed by atoms with Gasteiger partial charge in [-0.05, 0) is 56.1 Å². The minimum Gasteiger partial charge on any atom is -0.365 e. The van der Waals surface area contributed by atoms with Gasteiger partial charge in [0.2, 0.25) is 0 Å². The molecule has 2 atom stereocenters. The maximum Gasteiger partial charge on any atom is 0.324 e. The molecule has 2 bridgehead atoms. The smallest absolute Gasteiger partial charge is 0.324 e. The minimum absolute atomic E-state index is 0. The molecule has 1 aromatic carbocycles. The Labute approximate surface area is 172 Å². The van der Waals surface area contributed by atoms with Crippen LogP contribution in [0.1, 0.15) is 39.7 Å². The standard InChI is InChI=1S/C18H19ClN4O2S.ClH/c1-23-11-6-7-12(23)14-13(8-11)26-17(15(14)16(20)24)22-18(25)21-10-4-2-9(19)3-5-10;/h2-5,11-12H,6-8H2,1H3,(H2,20,24)(H2,21,22,25);1H/t11-,12+;/m0./s1. The molecule has 2 aliphatic rings. The molecule has 3 heterocycles. The molecule has 1 fully saturated rings. The number of halogens is 2. The average Bonchev–Trinajstić information content (AvgIpc) is 3.05. The predicted octanol–water partition coefficient (Wildman–Crippen LogP) is 4.26. The third-order valence-electron chi connectivity index (χ3n) is 5.19. The van der Waals surface area contributed by atoms with Crippen LogP contribution in [0.15, 0.2) is 24.3 Å². The summed E-state index contributed by atoms with van der Waals surface area (Å²) < 4.78 is 0. The van der Waals surface area contributed by atoms with Crippen molar-refractivity contribution in [2.24, 2.45) is 5.73 Å². The molecule has 1 saturated heterocycles. The van der Waals surface area contributed by atoms with E-state index in [4.69, 9.17) is 17.3 Å². The second-order valence-corrected chi connectivity index (χ2v) is 8.25. The topological polar surface area (TPSA) is 87.5 Å². The highest BCUT2D eigenvalue weighted by molar-refractivity contribution is 7.17. The van der Waals surface area contributed by atoms with Crippen molar-refractivity contribution in [3.05, 3.63) is 45.3 Å². The maximum atomic E-state index is 12.4. The number of urea groups is 1. The van der Waals surface area contributed by atoms with Gasteiger partial charge in [0.05, 0.1) is 5.56 Å². The Morgan fingerprint density at radius 3 is 2.59 bits per heavy atom. The molecule has 144 valence electrons. The average molecular weight is 427 g/mol. The summed E-state index contributed by atoms with van der Waals surface area (Å²) >= 11 is 7.31. The molecule has 2 aliphatic heterocycles. The van der Waals surface area contributed by atoms with Crippen LogP contribution in [0, 0.1) is 0 Å². The van der Waals surface area contributed by atoms with E-state index in [0.717, 1.165) is 29.7 Å². The molecule has 3 amide bonds. The number of nitrogens with zero attached hydrogens (tertiary/aromatic N) is 1. The van der Waals surface area contributed by atoms with E-state index in [2.05, 4.69) is 22.6 Å². The van der Waals surface area contributed by atoms with Crippen molar-refractivity contribution in [3.8, 4) is 0 Å². The lowest BCUT2D eigenvalue weighted by molar-refractivity contribution is 0.0997. The first kappa shape index (κ1) is 19.9. The van der Waals surface area contributed by atoms with E-state index in [1.165, 1.54) is 11.3 Å². The van der Waals surface area contributed by atoms with Gasteiger partial charge in [-0.2, -0.15) is 0 Å². The van der Waals surface area contributed by atoms with E-state index in [-0.39, 0.29) is 18.4 Å². The fraction of sp³-hybridized carbons (Fsp3) is 0.333. The van der Waals surface area contributed by atoms with Gasteiger partial charge in [-0.1, -0.05) is 11.6 Å². The Morgan fingerprint density at radius 2 is 1.93 bits per heavy atom. The molecule has 0 saturated carbocycles. The van der Waals surface area contributed by atoms with Crippen LogP contribution in [0.3, 0.4) is 0 Å². The first-order valence-corrected chi connectivity index (χ1v) is 9.64. The number of primary amides is 1. The summed E-state index contributed by atoms with van der Waals surface area (Å²) in [5.41, 5.74) is 7.74. The Kier molecular flexibility index (Phi) is 5.67. The number of likely N-dealkylation sites (N-methyl/N-ethyl adjacent to an activating group) is 1. The monoisotopic (exact) mass is 426 g/mol. The maximum absolute atomic E-state index is 12.4. The third-order valence-corrected chi connectivity index (χ3v) is 6.59. The number of thiophene rings is 1. The third kappa shape index (κ3) is 3.65. The van der Waals surface area contributed by atoms with Crippen molar-refractivity contribution in [3.63, 3.8) is 0 Å². The van der Waals surface area contributed by atoms with Crippen LogP contribution >= 0.6 is 35.3 Å². The number of amides is 3. The number of carbonyl (C=O) groups excluding carboxylic acids is 2. The number of nitrogens with one attached hydrogen (secondary N) is 2. The number of hydrogen-bond acceptors (Lipinski definition) is 4. The van der Waals surface area contributed by atoms with Gasteiger partial charge >= 0.3 is 6.03 Å². The van der Waals surface area contributed by atoms with Crippen LogP contribution in [0.2, 0.25) is 5.02 Å². The molecule has 0 spiro atoms. The van der Waals surface area contributed by atoms with E-state index in [9.17, 15) is 9.59 Å². The Morgan fingerprint density at radius 1 is 1.22 bits per heavy atom. The zero-order chi connectivity index (χ0) is 18.4. The zero-order valence-corrected chi connectivity index (χ0v) is 17.0. The molecule has 0 unspecified atom stereocenters. The lowest BCUT2D eigenvalue weighted by Gasteiger charge is -2.31. The number of fused-ring (bicyclic) bond motifs is 4. The highest BCUT2D eigenvalue weighted by Gasteiger charge is 2.42. The minimum atomic E-state index is -0.497. The van der Waals surface area contributed by atoms with Gasteiger partial charge in [0.1, 0.15) is 5.00 Å². The van der Waals surface area contributed by atoms with E-state index in [0.29, 0.717) is 27.3 Å². The van der Waals surface area contributed by atoms with Gasteiger partial charge in [-0.3, -0.25) is 15.0 Å². The molecule has 4 rings (SSSR count). The van der Waals surface area contributed by atoms with Gasteiger partial charge in [-0.15, -0.1) is 23.7 Å². The van der Waals surface area contributed by atoms with Crippen LogP contribution in [0.5, 0.6) is 0 Å². The van der Waals surface area contributed by atoms with Crippen LogP contribution in [0.25, 0.3) is 0 Å². The fourth-order valence-corrected chi connectivity index (χ4v) is 5.40. The van der Waals surface area contributed by atoms with Crippen LogP contribution in [0.4, 0.5) is 15.5 Å². The number of anilines is 2. The first-order valence-electron chi connectivity index (χ1n) is 8.45. The summed E-state index contributed by atoms with van der Waals surface area (Å²) in [6, 6.07) is 7.12. The number of rotatable bonds is 3. The van der Waals surface area contributed by atoms with E-state index >= 15 is 0 Å². The quantitative estimate of drug-likeness (QED) is 0.684. The first-order chi connectivity index (χ1) is 12.4. The summed E-state index contributed by atoms with van der Waals surface area (Å²) in [4.78, 5) is 28.0. The molecule has 0 radical (unpaired) electrons. The SMILES string of the molecule is CN1[C@H]2CC[C@@H]1c1c(sc(NC(=O)Nc3ccc(Cl)cc3)c1C(N)=O)C2.Cl. The summed E-state index contributed by atoms with van der Waals surface area (Å²) in [7, 11) is 2.09. The Hall–Kier alpha value is -1.80. The fourth-order valence-electron chi connectivity index (χ4n) is 3.95. The molecule has 9 heteroatoms. The van der Waals surface area contributed by atoms with Gasteiger partial charge < -0.3 is 11.1 Å². The highest BCUT2D eigenvalue weighted by atomic mass is 35.5. The number of hydrogen-bond donors (Lipinski definition) is 3. The number of carbonyl (C=O) groups is 2. The van der Waals surface area contributed by atoms with Gasteiger partial charge in [0.15, 0.2) is 0 Å². The molecule has 0 aliphatic carbocycles. The Bertz CT molecular complexity index is 884. The molecule has 1 aromatic heterocycles. The summed E-state index contributed by atoms with van der Waals surface area (Å²) in [5, 5.41) is 6.66. The van der Waals surface area contributed by atoms with Crippen molar-refractivity contribution < 1.29 is 9.59 Å². The van der Waals surface area contributed by atoms with Crippen molar-refractivity contribution in [2.75, 3.05) is 17.7 Å². The zero-order valence-electron chi connectivity index (χ0n) is 14.6. The number of benzene rings is 1. The van der Waals surface area contributed by atoms with Gasteiger partial charge in [0, 0.05) is 27.7 Å². The normalized spacial score (nSPS) is 20.5. The predicted molar refractivity (Wildman–Crippen MR) is 111 cm³/mol. The molecule has 4 N–H and O–H groups in total. The summed E-state index contributed by atoms with van der Waals surface area (Å²) in [6.45, 7) is 0. The van der Waals surface area contributed by atoms with E-state index in [1.54, 1.807) is 24.3 Å². The van der Waals surface area contributed by atoms with Gasteiger partial charge in [-0.25, -0.2) is 4.79 Å². The molecule has 2 aromatic rings.